The zero-order chi connectivity index (χ0) is 19.8. The quantitative estimate of drug-likeness (QED) is 0.440. The van der Waals surface area contributed by atoms with Gasteiger partial charge in [-0.25, -0.2) is 0 Å². The number of para-hydroxylation sites is 1. The molecule has 5 heteroatoms. The summed E-state index contributed by atoms with van der Waals surface area (Å²) < 4.78 is 6.02. The SMILES string of the molecule is CN=C(NCc1cccc(N2CC=CC2)c1)NCC(C)Oc1ccccc1C. The number of ether oxygens (including phenoxy) is 1. The first-order valence-electron chi connectivity index (χ1n) is 9.81. The summed E-state index contributed by atoms with van der Waals surface area (Å²) in [6.07, 6.45) is 4.44. The number of guanidine groups is 1. The Balaban J connectivity index is 1.47. The van der Waals surface area contributed by atoms with Crippen LogP contribution < -0.4 is 20.3 Å². The van der Waals surface area contributed by atoms with Crippen LogP contribution in [-0.4, -0.2) is 38.7 Å². The molecule has 1 heterocycles. The van der Waals surface area contributed by atoms with Crippen molar-refractivity contribution in [2.24, 2.45) is 4.99 Å². The summed E-state index contributed by atoms with van der Waals surface area (Å²) in [6, 6.07) is 16.7. The summed E-state index contributed by atoms with van der Waals surface area (Å²) in [5.74, 6) is 1.70. The minimum absolute atomic E-state index is 0.0330. The van der Waals surface area contributed by atoms with E-state index in [4.69, 9.17) is 4.74 Å². The number of benzene rings is 2. The molecule has 28 heavy (non-hydrogen) atoms. The molecular formula is C23H30N4O. The lowest BCUT2D eigenvalue weighted by atomic mass is 10.2. The summed E-state index contributed by atoms with van der Waals surface area (Å²) in [7, 11) is 1.79. The summed E-state index contributed by atoms with van der Waals surface area (Å²) in [4.78, 5) is 6.67. The standard InChI is InChI=1S/C23H30N4O/c1-18-9-4-5-12-22(18)28-19(2)16-25-23(24-3)26-17-20-10-8-11-21(15-20)27-13-6-7-14-27/h4-12,15,19H,13-14,16-17H2,1-3H3,(H2,24,25,26). The Labute approximate surface area is 168 Å². The van der Waals surface area contributed by atoms with Gasteiger partial charge >= 0.3 is 0 Å². The van der Waals surface area contributed by atoms with Crippen LogP contribution in [0.2, 0.25) is 0 Å². The van der Waals surface area contributed by atoms with E-state index in [-0.39, 0.29) is 6.10 Å². The van der Waals surface area contributed by atoms with Crippen LogP contribution in [0.25, 0.3) is 0 Å². The van der Waals surface area contributed by atoms with Gasteiger partial charge in [0.2, 0.25) is 0 Å². The maximum Gasteiger partial charge on any atom is 0.191 e. The van der Waals surface area contributed by atoms with E-state index in [1.165, 1.54) is 11.3 Å². The molecule has 0 saturated heterocycles. The van der Waals surface area contributed by atoms with E-state index in [9.17, 15) is 0 Å². The van der Waals surface area contributed by atoms with E-state index in [1.807, 2.05) is 18.2 Å². The Hall–Kier alpha value is -2.95. The van der Waals surface area contributed by atoms with E-state index in [1.54, 1.807) is 7.05 Å². The molecular weight excluding hydrogens is 348 g/mol. The molecule has 0 spiro atoms. The second-order valence-corrected chi connectivity index (χ2v) is 7.05. The summed E-state index contributed by atoms with van der Waals surface area (Å²) in [6.45, 7) is 7.48. The molecule has 0 aromatic heterocycles. The molecule has 1 aliphatic heterocycles. The zero-order valence-electron chi connectivity index (χ0n) is 17.0. The third kappa shape index (κ3) is 5.52. The van der Waals surface area contributed by atoms with Crippen molar-refractivity contribution in [3.05, 3.63) is 71.8 Å². The van der Waals surface area contributed by atoms with Crippen molar-refractivity contribution in [1.29, 1.82) is 0 Å². The molecule has 2 aromatic carbocycles. The lowest BCUT2D eigenvalue weighted by Crippen LogP contribution is -2.41. The Morgan fingerprint density at radius 1 is 1.11 bits per heavy atom. The summed E-state index contributed by atoms with van der Waals surface area (Å²) >= 11 is 0. The minimum atomic E-state index is 0.0330. The van der Waals surface area contributed by atoms with Crippen LogP contribution in [0.15, 0.2) is 65.7 Å². The number of hydrogen-bond donors (Lipinski definition) is 2. The lowest BCUT2D eigenvalue weighted by Gasteiger charge is -2.20. The van der Waals surface area contributed by atoms with Gasteiger partial charge < -0.3 is 20.3 Å². The fourth-order valence-electron chi connectivity index (χ4n) is 3.15. The van der Waals surface area contributed by atoms with Gasteiger partial charge in [0.1, 0.15) is 11.9 Å². The molecule has 0 fully saturated rings. The number of nitrogens with zero attached hydrogens (tertiary/aromatic N) is 2. The smallest absolute Gasteiger partial charge is 0.191 e. The Morgan fingerprint density at radius 3 is 2.64 bits per heavy atom. The van der Waals surface area contributed by atoms with Crippen molar-refractivity contribution in [3.8, 4) is 5.75 Å². The predicted molar refractivity (Wildman–Crippen MR) is 117 cm³/mol. The third-order valence-corrected chi connectivity index (χ3v) is 4.76. The highest BCUT2D eigenvalue weighted by Crippen LogP contribution is 2.19. The molecule has 1 aliphatic rings. The van der Waals surface area contributed by atoms with Gasteiger partial charge in [-0.1, -0.05) is 42.5 Å². The van der Waals surface area contributed by atoms with Crippen LogP contribution in [0.3, 0.4) is 0 Å². The Bertz CT molecular complexity index is 823. The van der Waals surface area contributed by atoms with Crippen molar-refractivity contribution in [2.75, 3.05) is 31.6 Å². The average molecular weight is 379 g/mol. The zero-order valence-corrected chi connectivity index (χ0v) is 17.0. The molecule has 0 radical (unpaired) electrons. The maximum atomic E-state index is 6.02. The van der Waals surface area contributed by atoms with Gasteiger partial charge in [0.25, 0.3) is 0 Å². The van der Waals surface area contributed by atoms with Crippen LogP contribution in [0.1, 0.15) is 18.1 Å². The average Bonchev–Trinajstić information content (AvgIpc) is 3.25. The van der Waals surface area contributed by atoms with Gasteiger partial charge in [-0.05, 0) is 43.2 Å². The molecule has 2 N–H and O–H groups in total. The second kappa shape index (κ2) is 9.83. The van der Waals surface area contributed by atoms with Crippen molar-refractivity contribution in [2.45, 2.75) is 26.5 Å². The molecule has 0 amide bonds. The van der Waals surface area contributed by atoms with Crippen LogP contribution in [0.5, 0.6) is 5.75 Å². The highest BCUT2D eigenvalue weighted by Gasteiger charge is 2.09. The largest absolute Gasteiger partial charge is 0.489 e. The van der Waals surface area contributed by atoms with Crippen LogP contribution in [0, 0.1) is 6.92 Å². The first-order valence-corrected chi connectivity index (χ1v) is 9.81. The number of nitrogens with one attached hydrogen (secondary N) is 2. The van der Waals surface area contributed by atoms with E-state index in [0.717, 1.165) is 36.9 Å². The van der Waals surface area contributed by atoms with E-state index >= 15 is 0 Å². The first kappa shape index (κ1) is 19.8. The molecule has 1 atom stereocenters. The molecule has 5 nitrogen and oxygen atoms in total. The molecule has 3 rings (SSSR count). The third-order valence-electron chi connectivity index (χ3n) is 4.76. The minimum Gasteiger partial charge on any atom is -0.489 e. The summed E-state index contributed by atoms with van der Waals surface area (Å²) in [5, 5.41) is 6.73. The molecule has 0 aliphatic carbocycles. The van der Waals surface area contributed by atoms with Gasteiger partial charge in [-0.15, -0.1) is 0 Å². The van der Waals surface area contributed by atoms with Gasteiger partial charge in [0.15, 0.2) is 5.96 Å². The molecule has 0 bridgehead atoms. The number of rotatable bonds is 7. The van der Waals surface area contributed by atoms with E-state index in [2.05, 4.69) is 76.9 Å². The number of aliphatic imine (C=N–C) groups is 1. The van der Waals surface area contributed by atoms with Gasteiger partial charge in [0, 0.05) is 32.4 Å². The van der Waals surface area contributed by atoms with E-state index in [0.29, 0.717) is 6.54 Å². The van der Waals surface area contributed by atoms with Crippen molar-refractivity contribution >= 4 is 11.6 Å². The fourth-order valence-corrected chi connectivity index (χ4v) is 3.15. The Kier molecular flexibility index (Phi) is 6.95. The number of hydrogen-bond acceptors (Lipinski definition) is 3. The first-order chi connectivity index (χ1) is 13.7. The van der Waals surface area contributed by atoms with Crippen LogP contribution in [-0.2, 0) is 6.54 Å². The molecule has 1 unspecified atom stereocenters. The predicted octanol–water partition coefficient (Wildman–Crippen LogP) is 3.50. The second-order valence-electron chi connectivity index (χ2n) is 7.05. The fraction of sp³-hybridized carbons (Fsp3) is 0.348. The maximum absolute atomic E-state index is 6.02. The highest BCUT2D eigenvalue weighted by molar-refractivity contribution is 5.79. The Morgan fingerprint density at radius 2 is 1.89 bits per heavy atom. The van der Waals surface area contributed by atoms with Crippen molar-refractivity contribution in [3.63, 3.8) is 0 Å². The number of anilines is 1. The van der Waals surface area contributed by atoms with Gasteiger partial charge in [-0.3, -0.25) is 4.99 Å². The van der Waals surface area contributed by atoms with Crippen LogP contribution >= 0.6 is 0 Å². The molecule has 0 saturated carbocycles. The van der Waals surface area contributed by atoms with E-state index < -0.39 is 0 Å². The van der Waals surface area contributed by atoms with Gasteiger partial charge in [-0.2, -0.15) is 0 Å². The summed E-state index contributed by atoms with van der Waals surface area (Å²) in [5.41, 5.74) is 3.63. The molecule has 148 valence electrons. The van der Waals surface area contributed by atoms with Crippen LogP contribution in [0.4, 0.5) is 5.69 Å². The number of aryl methyl sites for hydroxylation is 1. The van der Waals surface area contributed by atoms with Crippen molar-refractivity contribution in [1.82, 2.24) is 10.6 Å². The lowest BCUT2D eigenvalue weighted by molar-refractivity contribution is 0.222. The highest BCUT2D eigenvalue weighted by atomic mass is 16.5. The van der Waals surface area contributed by atoms with Gasteiger partial charge in [0.05, 0.1) is 6.54 Å². The van der Waals surface area contributed by atoms with Crippen molar-refractivity contribution < 1.29 is 4.74 Å². The monoisotopic (exact) mass is 378 g/mol. The topological polar surface area (TPSA) is 48.9 Å². The normalized spacial score (nSPS) is 14.8. The molecule has 2 aromatic rings.